The van der Waals surface area contributed by atoms with Crippen molar-refractivity contribution in [3.8, 4) is 5.82 Å². The second kappa shape index (κ2) is 8.50. The van der Waals surface area contributed by atoms with Crippen molar-refractivity contribution in [1.82, 2.24) is 19.3 Å². The summed E-state index contributed by atoms with van der Waals surface area (Å²) in [4.78, 5) is 20.3. The van der Waals surface area contributed by atoms with Crippen molar-refractivity contribution >= 4 is 33.1 Å². The Kier molecular flexibility index (Phi) is 6.07. The minimum absolute atomic E-state index is 0.0470. The van der Waals surface area contributed by atoms with Crippen molar-refractivity contribution < 1.29 is 17.9 Å². The molecule has 0 spiro atoms. The molecule has 0 saturated heterocycles. The highest BCUT2D eigenvalue weighted by Gasteiger charge is 2.24. The fourth-order valence-electron chi connectivity index (χ4n) is 2.47. The third-order valence-electron chi connectivity index (χ3n) is 3.71. The number of aromatic nitrogens is 3. The Morgan fingerprint density at radius 3 is 2.71 bits per heavy atom. The molecule has 0 aliphatic carbocycles. The predicted octanol–water partition coefficient (Wildman–Crippen LogP) is 1.81. The van der Waals surface area contributed by atoms with Gasteiger partial charge in [-0.3, -0.25) is 0 Å². The second-order valence-electron chi connectivity index (χ2n) is 5.68. The quantitative estimate of drug-likeness (QED) is 0.421. The Labute approximate surface area is 166 Å². The van der Waals surface area contributed by atoms with Gasteiger partial charge in [-0.15, -0.1) is 11.3 Å². The number of hydrogen-bond acceptors (Lipinski definition) is 8. The van der Waals surface area contributed by atoms with Crippen LogP contribution in [0.25, 0.3) is 5.82 Å². The zero-order valence-corrected chi connectivity index (χ0v) is 16.9. The normalized spacial score (nSPS) is 11.4. The first-order valence-corrected chi connectivity index (χ1v) is 10.7. The number of anilines is 1. The smallest absolute Gasteiger partial charge is 0.349 e. The fraction of sp³-hybridized carbons (Fsp3) is 0.235. The molecule has 148 valence electrons. The minimum Gasteiger partial charge on any atom is -0.465 e. The number of thiophene rings is 1. The Balaban J connectivity index is 1.62. The monoisotopic (exact) mass is 421 g/mol. The molecule has 3 rings (SSSR count). The van der Waals surface area contributed by atoms with Gasteiger partial charge in [0.25, 0.3) is 0 Å². The molecular weight excluding hydrogens is 402 g/mol. The van der Waals surface area contributed by atoms with Gasteiger partial charge in [0.2, 0.25) is 10.0 Å². The van der Waals surface area contributed by atoms with Crippen molar-refractivity contribution in [2.75, 3.05) is 25.5 Å². The summed E-state index contributed by atoms with van der Waals surface area (Å²) >= 11 is 1.02. The van der Waals surface area contributed by atoms with Gasteiger partial charge in [-0.1, -0.05) is 0 Å². The number of nitrogens with zero attached hydrogens (tertiary/aromatic N) is 3. The van der Waals surface area contributed by atoms with E-state index in [1.807, 2.05) is 29.1 Å². The zero-order valence-electron chi connectivity index (χ0n) is 15.2. The maximum Gasteiger partial charge on any atom is 0.349 e. The molecule has 28 heavy (non-hydrogen) atoms. The summed E-state index contributed by atoms with van der Waals surface area (Å²) in [5.74, 6) is 1.21. The van der Waals surface area contributed by atoms with Gasteiger partial charge in [0.05, 0.1) is 7.11 Å². The summed E-state index contributed by atoms with van der Waals surface area (Å²) in [5.41, 5.74) is 0. The van der Waals surface area contributed by atoms with Gasteiger partial charge in [-0.2, -0.15) is 0 Å². The highest BCUT2D eigenvalue weighted by Crippen LogP contribution is 2.22. The summed E-state index contributed by atoms with van der Waals surface area (Å²) < 4.78 is 33.8. The minimum atomic E-state index is -3.83. The van der Waals surface area contributed by atoms with Crippen LogP contribution in [0.3, 0.4) is 0 Å². The third kappa shape index (κ3) is 4.55. The molecule has 0 amide bonds. The Hall–Kier alpha value is -2.76. The van der Waals surface area contributed by atoms with E-state index in [9.17, 15) is 13.2 Å². The van der Waals surface area contributed by atoms with E-state index in [1.54, 1.807) is 13.0 Å². The number of aryl methyl sites for hydroxylation is 1. The number of rotatable bonds is 8. The number of hydrogen-bond donors (Lipinski definition) is 2. The molecule has 0 saturated carbocycles. The van der Waals surface area contributed by atoms with Crippen LogP contribution in [0.5, 0.6) is 0 Å². The number of esters is 1. The summed E-state index contributed by atoms with van der Waals surface area (Å²) in [6, 6.07) is 6.94. The summed E-state index contributed by atoms with van der Waals surface area (Å²) in [5, 5.41) is 4.61. The molecule has 0 unspecified atom stereocenters. The van der Waals surface area contributed by atoms with Gasteiger partial charge in [0.1, 0.15) is 27.2 Å². The topological polar surface area (TPSA) is 115 Å². The molecule has 0 aliphatic heterocycles. The highest BCUT2D eigenvalue weighted by atomic mass is 32.2. The van der Waals surface area contributed by atoms with Crippen LogP contribution < -0.4 is 10.0 Å². The van der Waals surface area contributed by atoms with Crippen LogP contribution in [0.2, 0.25) is 0 Å². The molecule has 0 atom stereocenters. The molecule has 3 aromatic rings. The average molecular weight is 422 g/mol. The van der Waals surface area contributed by atoms with Crippen LogP contribution >= 0.6 is 11.3 Å². The van der Waals surface area contributed by atoms with Crippen molar-refractivity contribution in [3.63, 3.8) is 0 Å². The lowest BCUT2D eigenvalue weighted by Gasteiger charge is -2.10. The van der Waals surface area contributed by atoms with Crippen LogP contribution in [0.1, 0.15) is 15.5 Å². The molecule has 2 N–H and O–H groups in total. The van der Waals surface area contributed by atoms with Gasteiger partial charge >= 0.3 is 5.97 Å². The second-order valence-corrected chi connectivity index (χ2v) is 8.33. The van der Waals surface area contributed by atoms with Crippen molar-refractivity contribution in [2.45, 2.75) is 11.8 Å². The van der Waals surface area contributed by atoms with E-state index in [-0.39, 0.29) is 16.3 Å². The van der Waals surface area contributed by atoms with Crippen LogP contribution in [-0.4, -0.2) is 49.1 Å². The van der Waals surface area contributed by atoms with Gasteiger partial charge in [0.15, 0.2) is 0 Å². The Morgan fingerprint density at radius 2 is 2.00 bits per heavy atom. The lowest BCUT2D eigenvalue weighted by atomic mass is 10.4. The number of ether oxygens (including phenoxy) is 1. The van der Waals surface area contributed by atoms with Crippen LogP contribution in [0.4, 0.5) is 5.82 Å². The number of sulfonamides is 1. The fourth-order valence-corrected chi connectivity index (χ4v) is 4.83. The van der Waals surface area contributed by atoms with Crippen LogP contribution in [-0.2, 0) is 14.8 Å². The SMILES string of the molecule is COC(=O)c1sccc1S(=O)(=O)NCCNc1cc(-n2cccc2)nc(C)n1. The van der Waals surface area contributed by atoms with E-state index in [2.05, 4.69) is 24.7 Å². The molecule has 0 aromatic carbocycles. The van der Waals surface area contributed by atoms with Crippen molar-refractivity contribution in [3.05, 3.63) is 52.7 Å². The molecule has 0 aliphatic rings. The molecular formula is C17H19N5O4S2. The number of nitrogens with one attached hydrogen (secondary N) is 2. The van der Waals surface area contributed by atoms with Gasteiger partial charge < -0.3 is 14.6 Å². The molecule has 9 nitrogen and oxygen atoms in total. The maximum atomic E-state index is 12.4. The number of carbonyl (C=O) groups is 1. The van der Waals surface area contributed by atoms with Gasteiger partial charge in [0, 0.05) is 31.5 Å². The molecule has 11 heteroatoms. The summed E-state index contributed by atoms with van der Waals surface area (Å²) in [6.07, 6.45) is 3.75. The van der Waals surface area contributed by atoms with Crippen molar-refractivity contribution in [2.24, 2.45) is 0 Å². The molecule has 0 radical (unpaired) electrons. The van der Waals surface area contributed by atoms with Gasteiger partial charge in [-0.25, -0.2) is 27.9 Å². The predicted molar refractivity (Wildman–Crippen MR) is 105 cm³/mol. The van der Waals surface area contributed by atoms with Crippen LogP contribution in [0, 0.1) is 6.92 Å². The largest absolute Gasteiger partial charge is 0.465 e. The number of carbonyl (C=O) groups excluding carboxylic acids is 1. The van der Waals surface area contributed by atoms with E-state index in [0.717, 1.165) is 11.3 Å². The first-order valence-electron chi connectivity index (χ1n) is 8.29. The van der Waals surface area contributed by atoms with E-state index >= 15 is 0 Å². The first-order chi connectivity index (χ1) is 13.4. The summed E-state index contributed by atoms with van der Waals surface area (Å²) in [6.45, 7) is 2.20. The molecule has 3 aromatic heterocycles. The number of methoxy groups -OCH3 is 1. The molecule has 0 bridgehead atoms. The highest BCUT2D eigenvalue weighted by molar-refractivity contribution is 7.89. The maximum absolute atomic E-state index is 12.4. The van der Waals surface area contributed by atoms with E-state index in [4.69, 9.17) is 0 Å². The van der Waals surface area contributed by atoms with E-state index in [0.29, 0.717) is 24.0 Å². The molecule has 0 fully saturated rings. The molecule has 3 heterocycles. The van der Waals surface area contributed by atoms with Crippen LogP contribution in [0.15, 0.2) is 46.9 Å². The van der Waals surface area contributed by atoms with E-state index < -0.39 is 16.0 Å². The van der Waals surface area contributed by atoms with Crippen molar-refractivity contribution in [1.29, 1.82) is 0 Å². The first kappa shape index (κ1) is 20.0. The Morgan fingerprint density at radius 1 is 1.25 bits per heavy atom. The lowest BCUT2D eigenvalue weighted by Crippen LogP contribution is -2.29. The third-order valence-corrected chi connectivity index (χ3v) is 6.23. The van der Waals surface area contributed by atoms with E-state index in [1.165, 1.54) is 18.6 Å². The summed E-state index contributed by atoms with van der Waals surface area (Å²) in [7, 11) is -2.62. The zero-order chi connectivity index (χ0) is 20.1. The van der Waals surface area contributed by atoms with Gasteiger partial charge in [-0.05, 0) is 30.5 Å². The standard InChI is InChI=1S/C17H19N5O4S2/c1-12-20-14(11-15(21-12)22-8-3-4-9-22)18-6-7-19-28(24,25)13-5-10-27-16(13)17(23)26-2/h3-5,8-11,19H,6-7H2,1-2H3,(H,18,20,21). The lowest BCUT2D eigenvalue weighted by molar-refractivity contribution is 0.0602. The average Bonchev–Trinajstić information content (AvgIpc) is 3.36. The Bertz CT molecular complexity index is 1060.